The molecule has 1 heterocycles. The van der Waals surface area contributed by atoms with Crippen molar-refractivity contribution in [3.05, 3.63) is 76.9 Å². The Morgan fingerprint density at radius 3 is 2.58 bits per heavy atom. The Balaban J connectivity index is 1.33. The van der Waals surface area contributed by atoms with Gasteiger partial charge < -0.3 is 14.8 Å². The van der Waals surface area contributed by atoms with Crippen LogP contribution in [0, 0.1) is 0 Å². The lowest BCUT2D eigenvalue weighted by molar-refractivity contribution is -0.149. The lowest BCUT2D eigenvalue weighted by Crippen LogP contribution is -2.15. The maximum atomic E-state index is 13.6. The average Bonchev–Trinajstić information content (AvgIpc) is 3.29. The van der Waals surface area contributed by atoms with Crippen molar-refractivity contribution in [1.82, 2.24) is 4.98 Å². The number of benzene rings is 2. The molecule has 2 aromatic carbocycles. The van der Waals surface area contributed by atoms with Gasteiger partial charge >= 0.3 is 12.1 Å². The number of ether oxygens (including phenoxy) is 2. The SMILES string of the molecule is CCCC(=O)O[C@H]1CCc2cc(OCCCNc3nc(-c4ccc(CC)cc4)ccc3C(F)(F)F)ccc21. The predicted octanol–water partition coefficient (Wildman–Crippen LogP) is 7.54. The van der Waals surface area contributed by atoms with Gasteiger partial charge in [-0.15, -0.1) is 0 Å². The van der Waals surface area contributed by atoms with Gasteiger partial charge in [0.1, 0.15) is 17.7 Å². The normalized spacial score (nSPS) is 14.7. The summed E-state index contributed by atoms with van der Waals surface area (Å²) in [4.78, 5) is 16.1. The van der Waals surface area contributed by atoms with Crippen molar-refractivity contribution in [3.8, 4) is 17.0 Å². The molecule has 38 heavy (non-hydrogen) atoms. The molecule has 1 aromatic heterocycles. The molecule has 5 nitrogen and oxygen atoms in total. The number of aryl methyl sites for hydroxylation is 2. The van der Waals surface area contributed by atoms with Crippen molar-refractivity contribution in [1.29, 1.82) is 0 Å². The van der Waals surface area contributed by atoms with Crippen LogP contribution >= 0.6 is 0 Å². The second-order valence-corrected chi connectivity index (χ2v) is 9.40. The first-order chi connectivity index (χ1) is 18.3. The number of nitrogens with one attached hydrogen (secondary N) is 1. The van der Waals surface area contributed by atoms with Crippen molar-refractivity contribution in [2.75, 3.05) is 18.5 Å². The van der Waals surface area contributed by atoms with E-state index in [-0.39, 0.29) is 24.4 Å². The van der Waals surface area contributed by atoms with Crippen molar-refractivity contribution < 1.29 is 27.4 Å². The van der Waals surface area contributed by atoms with Crippen molar-refractivity contribution in [2.24, 2.45) is 0 Å². The van der Waals surface area contributed by atoms with E-state index in [0.29, 0.717) is 30.9 Å². The van der Waals surface area contributed by atoms with Crippen LogP contribution in [0.1, 0.15) is 67.9 Å². The van der Waals surface area contributed by atoms with Crippen LogP contribution in [0.25, 0.3) is 11.3 Å². The molecule has 0 radical (unpaired) electrons. The Morgan fingerprint density at radius 2 is 1.87 bits per heavy atom. The van der Waals surface area contributed by atoms with Crippen LogP contribution in [0.4, 0.5) is 19.0 Å². The number of anilines is 1. The molecule has 1 aliphatic carbocycles. The maximum Gasteiger partial charge on any atom is 0.419 e. The van der Waals surface area contributed by atoms with Crippen LogP contribution in [-0.4, -0.2) is 24.1 Å². The summed E-state index contributed by atoms with van der Waals surface area (Å²) in [6.07, 6.45) is -0.611. The standard InChI is InChI=1S/C30H33F3N2O3/c1-3-6-28(36)38-27-16-11-22-19-23(12-13-24(22)27)37-18-5-17-34-29-25(30(31,32)33)14-15-26(35-29)21-9-7-20(4-2)8-10-21/h7-10,12-15,19,27H,3-6,11,16-18H2,1-2H3,(H,34,35)/t27-/m0/s1. The molecule has 0 saturated heterocycles. The highest BCUT2D eigenvalue weighted by molar-refractivity contribution is 5.70. The Morgan fingerprint density at radius 1 is 1.08 bits per heavy atom. The highest BCUT2D eigenvalue weighted by atomic mass is 19.4. The molecule has 0 spiro atoms. The summed E-state index contributed by atoms with van der Waals surface area (Å²) in [5.41, 5.74) is 3.71. The molecule has 1 aliphatic rings. The van der Waals surface area contributed by atoms with Gasteiger partial charge in [0.15, 0.2) is 0 Å². The van der Waals surface area contributed by atoms with Crippen LogP contribution < -0.4 is 10.1 Å². The number of aromatic nitrogens is 1. The van der Waals surface area contributed by atoms with Crippen LogP contribution in [-0.2, 0) is 28.5 Å². The summed E-state index contributed by atoms with van der Waals surface area (Å²) >= 11 is 0. The van der Waals surface area contributed by atoms with E-state index < -0.39 is 11.7 Å². The van der Waals surface area contributed by atoms with Crippen LogP contribution in [0.5, 0.6) is 5.75 Å². The lowest BCUT2D eigenvalue weighted by Gasteiger charge is -2.16. The lowest BCUT2D eigenvalue weighted by atomic mass is 10.1. The number of esters is 1. The third-order valence-corrected chi connectivity index (χ3v) is 6.61. The molecule has 0 saturated carbocycles. The number of halogens is 3. The zero-order valence-corrected chi connectivity index (χ0v) is 21.7. The van der Waals surface area contributed by atoms with Crippen LogP contribution in [0.2, 0.25) is 0 Å². The van der Waals surface area contributed by atoms with Gasteiger partial charge in [0, 0.05) is 18.5 Å². The molecule has 8 heteroatoms. The molecule has 202 valence electrons. The number of hydrogen-bond donors (Lipinski definition) is 1. The molecule has 0 aliphatic heterocycles. The van der Waals surface area contributed by atoms with E-state index in [2.05, 4.69) is 10.3 Å². The molecule has 1 N–H and O–H groups in total. The molecular formula is C30H33F3N2O3. The van der Waals surface area contributed by atoms with Crippen LogP contribution in [0.3, 0.4) is 0 Å². The molecule has 1 atom stereocenters. The number of carbonyl (C=O) groups excluding carboxylic acids is 1. The van der Waals surface area contributed by atoms with Crippen molar-refractivity contribution in [3.63, 3.8) is 0 Å². The summed E-state index contributed by atoms with van der Waals surface area (Å²) in [6.45, 7) is 4.59. The van der Waals surface area contributed by atoms with Gasteiger partial charge in [-0.1, -0.05) is 44.2 Å². The molecule has 0 fully saturated rings. The van der Waals surface area contributed by atoms with Crippen molar-refractivity contribution >= 4 is 11.8 Å². The van der Waals surface area contributed by atoms with Gasteiger partial charge in [0.05, 0.1) is 17.9 Å². The smallest absolute Gasteiger partial charge is 0.419 e. The zero-order chi connectivity index (χ0) is 27.1. The largest absolute Gasteiger partial charge is 0.494 e. The van der Waals surface area contributed by atoms with E-state index >= 15 is 0 Å². The van der Waals surface area contributed by atoms with Gasteiger partial charge in [-0.3, -0.25) is 4.79 Å². The first-order valence-electron chi connectivity index (χ1n) is 13.1. The summed E-state index contributed by atoms with van der Waals surface area (Å²) < 4.78 is 52.2. The summed E-state index contributed by atoms with van der Waals surface area (Å²) in [6, 6.07) is 15.9. The Kier molecular flexibility index (Phi) is 8.92. The summed E-state index contributed by atoms with van der Waals surface area (Å²) in [7, 11) is 0. The van der Waals surface area contributed by atoms with Crippen molar-refractivity contribution in [2.45, 2.75) is 64.7 Å². The van der Waals surface area contributed by atoms with Gasteiger partial charge in [0.2, 0.25) is 0 Å². The van der Waals surface area contributed by atoms with E-state index in [1.807, 2.05) is 56.3 Å². The second-order valence-electron chi connectivity index (χ2n) is 9.40. The number of alkyl halides is 3. The number of hydrogen-bond acceptors (Lipinski definition) is 5. The van der Waals surface area contributed by atoms with Crippen LogP contribution in [0.15, 0.2) is 54.6 Å². The van der Waals surface area contributed by atoms with E-state index in [9.17, 15) is 18.0 Å². The Labute approximate surface area is 221 Å². The van der Waals surface area contributed by atoms with Gasteiger partial charge in [-0.05, 0) is 73.1 Å². The summed E-state index contributed by atoms with van der Waals surface area (Å²) in [5, 5.41) is 2.86. The summed E-state index contributed by atoms with van der Waals surface area (Å²) in [5.74, 6) is 0.327. The third kappa shape index (κ3) is 6.85. The highest BCUT2D eigenvalue weighted by Crippen LogP contribution is 2.37. The monoisotopic (exact) mass is 526 g/mol. The average molecular weight is 527 g/mol. The molecule has 3 aromatic rings. The number of fused-ring (bicyclic) bond motifs is 1. The molecule has 0 amide bonds. The molecule has 0 bridgehead atoms. The molecule has 4 rings (SSSR count). The van der Waals surface area contributed by atoms with E-state index in [4.69, 9.17) is 9.47 Å². The van der Waals surface area contributed by atoms with E-state index in [1.54, 1.807) is 0 Å². The second kappa shape index (κ2) is 12.3. The topological polar surface area (TPSA) is 60.5 Å². The quantitative estimate of drug-likeness (QED) is 0.207. The molecular weight excluding hydrogens is 493 g/mol. The van der Waals surface area contributed by atoms with E-state index in [1.165, 1.54) is 6.07 Å². The molecule has 0 unspecified atom stereocenters. The first kappa shape index (κ1) is 27.5. The van der Waals surface area contributed by atoms with Gasteiger partial charge in [0.25, 0.3) is 0 Å². The minimum absolute atomic E-state index is 0.179. The minimum atomic E-state index is -4.51. The fraction of sp³-hybridized carbons (Fsp3) is 0.400. The first-order valence-corrected chi connectivity index (χ1v) is 13.1. The maximum absolute atomic E-state index is 13.6. The third-order valence-electron chi connectivity index (χ3n) is 6.61. The number of rotatable bonds is 11. The number of pyridine rings is 1. The number of nitrogens with zero attached hydrogens (tertiary/aromatic N) is 1. The fourth-order valence-electron chi connectivity index (χ4n) is 4.55. The van der Waals surface area contributed by atoms with Gasteiger partial charge in [-0.25, -0.2) is 4.98 Å². The minimum Gasteiger partial charge on any atom is -0.494 e. The Bertz CT molecular complexity index is 1240. The van der Waals surface area contributed by atoms with E-state index in [0.717, 1.165) is 54.0 Å². The number of carbonyl (C=O) groups is 1. The van der Waals surface area contributed by atoms with Gasteiger partial charge in [-0.2, -0.15) is 13.2 Å². The highest BCUT2D eigenvalue weighted by Gasteiger charge is 2.34. The predicted molar refractivity (Wildman–Crippen MR) is 141 cm³/mol. The fourth-order valence-corrected chi connectivity index (χ4v) is 4.55. The zero-order valence-electron chi connectivity index (χ0n) is 21.7. The Hall–Kier alpha value is -3.55.